The van der Waals surface area contributed by atoms with Crippen molar-refractivity contribution in [3.63, 3.8) is 0 Å². The third kappa shape index (κ3) is 2.17. The number of nitrogens with zero attached hydrogens (tertiary/aromatic N) is 1. The van der Waals surface area contributed by atoms with Gasteiger partial charge in [-0.25, -0.2) is 4.79 Å². The van der Waals surface area contributed by atoms with Gasteiger partial charge in [0.1, 0.15) is 0 Å². The van der Waals surface area contributed by atoms with Gasteiger partial charge in [0.25, 0.3) is 0 Å². The molecule has 0 aliphatic rings. The maximum atomic E-state index is 11.4. The Hall–Kier alpha value is -1.29. The van der Waals surface area contributed by atoms with Gasteiger partial charge in [0, 0.05) is 27.6 Å². The molecule has 1 N–H and O–H groups in total. The second-order valence-electron chi connectivity index (χ2n) is 4.93. The van der Waals surface area contributed by atoms with Gasteiger partial charge in [0.2, 0.25) is 0 Å². The SMILES string of the molecule is Cc1c(C(=O)O)c2cc(Br)ccc2n1CC(C)C. The summed E-state index contributed by atoms with van der Waals surface area (Å²) < 4.78 is 3.00. The standard InChI is InChI=1S/C14H16BrNO2/c1-8(2)7-16-9(3)13(14(17)18)11-6-10(15)4-5-12(11)16/h4-6,8H,7H2,1-3H3,(H,17,18). The van der Waals surface area contributed by atoms with Crippen LogP contribution in [0.3, 0.4) is 0 Å². The van der Waals surface area contributed by atoms with Crippen molar-refractivity contribution in [1.29, 1.82) is 0 Å². The largest absolute Gasteiger partial charge is 0.478 e. The van der Waals surface area contributed by atoms with Crippen LogP contribution >= 0.6 is 15.9 Å². The molecule has 0 unspecified atom stereocenters. The fourth-order valence-electron chi connectivity index (χ4n) is 2.32. The topological polar surface area (TPSA) is 42.2 Å². The highest BCUT2D eigenvalue weighted by Gasteiger charge is 2.19. The zero-order chi connectivity index (χ0) is 13.4. The Labute approximate surface area is 115 Å². The molecule has 0 atom stereocenters. The van der Waals surface area contributed by atoms with E-state index in [0.29, 0.717) is 11.5 Å². The second-order valence-corrected chi connectivity index (χ2v) is 5.85. The van der Waals surface area contributed by atoms with Crippen molar-refractivity contribution in [2.24, 2.45) is 5.92 Å². The van der Waals surface area contributed by atoms with Crippen LogP contribution in [0.2, 0.25) is 0 Å². The molecule has 1 aromatic carbocycles. The molecule has 0 fully saturated rings. The molecule has 1 aromatic heterocycles. The van der Waals surface area contributed by atoms with Crippen LogP contribution in [0.25, 0.3) is 10.9 Å². The zero-order valence-electron chi connectivity index (χ0n) is 10.7. The van der Waals surface area contributed by atoms with Crippen molar-refractivity contribution in [2.45, 2.75) is 27.3 Å². The normalized spacial score (nSPS) is 11.4. The van der Waals surface area contributed by atoms with E-state index in [1.54, 1.807) is 0 Å². The van der Waals surface area contributed by atoms with Crippen molar-refractivity contribution in [2.75, 3.05) is 0 Å². The third-order valence-corrected chi connectivity index (χ3v) is 3.54. The van der Waals surface area contributed by atoms with Crippen molar-refractivity contribution in [1.82, 2.24) is 4.57 Å². The minimum absolute atomic E-state index is 0.409. The number of hydrogen-bond acceptors (Lipinski definition) is 1. The van der Waals surface area contributed by atoms with Crippen LogP contribution in [0.4, 0.5) is 0 Å². The van der Waals surface area contributed by atoms with Gasteiger partial charge in [-0.3, -0.25) is 0 Å². The number of fused-ring (bicyclic) bond motifs is 1. The van der Waals surface area contributed by atoms with E-state index < -0.39 is 5.97 Å². The summed E-state index contributed by atoms with van der Waals surface area (Å²) in [5.41, 5.74) is 2.22. The van der Waals surface area contributed by atoms with Gasteiger partial charge in [-0.15, -0.1) is 0 Å². The molecule has 0 radical (unpaired) electrons. The first-order valence-electron chi connectivity index (χ1n) is 5.93. The number of aromatic carboxylic acids is 1. The first-order valence-corrected chi connectivity index (χ1v) is 6.72. The van der Waals surface area contributed by atoms with Crippen molar-refractivity contribution < 1.29 is 9.90 Å². The molecule has 3 nitrogen and oxygen atoms in total. The van der Waals surface area contributed by atoms with E-state index in [1.807, 2.05) is 25.1 Å². The third-order valence-electron chi connectivity index (χ3n) is 3.05. The minimum Gasteiger partial charge on any atom is -0.478 e. The molecule has 0 spiro atoms. The summed E-state index contributed by atoms with van der Waals surface area (Å²) in [6, 6.07) is 5.80. The molecule has 4 heteroatoms. The lowest BCUT2D eigenvalue weighted by atomic mass is 10.1. The lowest BCUT2D eigenvalue weighted by Crippen LogP contribution is -2.07. The van der Waals surface area contributed by atoms with Gasteiger partial charge in [-0.1, -0.05) is 29.8 Å². The van der Waals surface area contributed by atoms with Gasteiger partial charge in [0.15, 0.2) is 0 Å². The monoisotopic (exact) mass is 309 g/mol. The number of carbonyl (C=O) groups is 1. The summed E-state index contributed by atoms with van der Waals surface area (Å²) in [6.45, 7) is 6.96. The number of halogens is 1. The molecule has 96 valence electrons. The van der Waals surface area contributed by atoms with Gasteiger partial charge in [-0.2, -0.15) is 0 Å². The average molecular weight is 310 g/mol. The maximum Gasteiger partial charge on any atom is 0.338 e. The molecule has 1 heterocycles. The number of carboxylic acid groups (broad SMARTS) is 1. The van der Waals surface area contributed by atoms with Crippen molar-refractivity contribution >= 4 is 32.8 Å². The quantitative estimate of drug-likeness (QED) is 0.928. The summed E-state index contributed by atoms with van der Waals surface area (Å²) in [4.78, 5) is 11.4. The average Bonchev–Trinajstić information content (AvgIpc) is 2.50. The Balaban J connectivity index is 2.78. The second kappa shape index (κ2) is 4.76. The van der Waals surface area contributed by atoms with E-state index in [1.165, 1.54) is 0 Å². The highest BCUT2D eigenvalue weighted by molar-refractivity contribution is 9.10. The van der Waals surface area contributed by atoms with Gasteiger partial charge < -0.3 is 9.67 Å². The summed E-state index contributed by atoms with van der Waals surface area (Å²) in [7, 11) is 0. The molecular formula is C14H16BrNO2. The molecule has 0 saturated carbocycles. The first kappa shape index (κ1) is 13.1. The number of rotatable bonds is 3. The van der Waals surface area contributed by atoms with Gasteiger partial charge in [-0.05, 0) is 31.0 Å². The Morgan fingerprint density at radius 1 is 1.44 bits per heavy atom. The Morgan fingerprint density at radius 3 is 2.67 bits per heavy atom. The van der Waals surface area contributed by atoms with E-state index in [9.17, 15) is 9.90 Å². The van der Waals surface area contributed by atoms with E-state index >= 15 is 0 Å². The Kier molecular flexibility index (Phi) is 3.48. The van der Waals surface area contributed by atoms with Crippen LogP contribution in [0.15, 0.2) is 22.7 Å². The van der Waals surface area contributed by atoms with Crippen LogP contribution in [-0.2, 0) is 6.54 Å². The first-order chi connectivity index (χ1) is 8.41. The predicted octanol–water partition coefficient (Wildman–Crippen LogP) is 4.07. The lowest BCUT2D eigenvalue weighted by molar-refractivity contribution is 0.0698. The molecular weight excluding hydrogens is 294 g/mol. The van der Waals surface area contributed by atoms with Crippen LogP contribution in [0, 0.1) is 12.8 Å². The van der Waals surface area contributed by atoms with Crippen LogP contribution < -0.4 is 0 Å². The number of aromatic nitrogens is 1. The van der Waals surface area contributed by atoms with E-state index in [4.69, 9.17) is 0 Å². The molecule has 0 aliphatic heterocycles. The highest BCUT2D eigenvalue weighted by atomic mass is 79.9. The summed E-state index contributed by atoms with van der Waals surface area (Å²) in [6.07, 6.45) is 0. The Bertz CT molecular complexity index is 614. The molecule has 0 bridgehead atoms. The summed E-state index contributed by atoms with van der Waals surface area (Å²) >= 11 is 3.40. The van der Waals surface area contributed by atoms with Crippen molar-refractivity contribution in [3.05, 3.63) is 33.9 Å². The van der Waals surface area contributed by atoms with E-state index in [-0.39, 0.29) is 0 Å². The van der Waals surface area contributed by atoms with E-state index in [0.717, 1.165) is 27.6 Å². The van der Waals surface area contributed by atoms with Gasteiger partial charge >= 0.3 is 5.97 Å². The number of carboxylic acids is 1. The molecule has 18 heavy (non-hydrogen) atoms. The zero-order valence-corrected chi connectivity index (χ0v) is 12.3. The number of hydrogen-bond donors (Lipinski definition) is 1. The summed E-state index contributed by atoms with van der Waals surface area (Å²) in [5.74, 6) is -0.386. The molecule has 0 aliphatic carbocycles. The number of benzene rings is 1. The fourth-order valence-corrected chi connectivity index (χ4v) is 2.69. The molecule has 2 rings (SSSR count). The molecule has 0 amide bonds. The molecule has 2 aromatic rings. The van der Waals surface area contributed by atoms with Gasteiger partial charge in [0.05, 0.1) is 5.56 Å². The predicted molar refractivity (Wildman–Crippen MR) is 76.2 cm³/mol. The van der Waals surface area contributed by atoms with Crippen molar-refractivity contribution in [3.8, 4) is 0 Å². The Morgan fingerprint density at radius 2 is 2.11 bits per heavy atom. The van der Waals surface area contributed by atoms with Crippen LogP contribution in [0.5, 0.6) is 0 Å². The highest BCUT2D eigenvalue weighted by Crippen LogP contribution is 2.29. The van der Waals surface area contributed by atoms with Crippen LogP contribution in [0.1, 0.15) is 29.9 Å². The maximum absolute atomic E-state index is 11.4. The smallest absolute Gasteiger partial charge is 0.338 e. The van der Waals surface area contributed by atoms with Crippen LogP contribution in [-0.4, -0.2) is 15.6 Å². The van der Waals surface area contributed by atoms with E-state index in [2.05, 4.69) is 34.3 Å². The lowest BCUT2D eigenvalue weighted by Gasteiger charge is -2.11. The molecule has 0 saturated heterocycles. The fraction of sp³-hybridized carbons (Fsp3) is 0.357. The summed E-state index contributed by atoms with van der Waals surface area (Å²) in [5, 5.41) is 10.2. The minimum atomic E-state index is -0.863.